The molecule has 18 rings (SSSR count). The Morgan fingerprint density at radius 3 is 0.708 bits per heavy atom. The van der Waals surface area contributed by atoms with Crippen LogP contribution in [0.15, 0.2) is 364 Å². The van der Waals surface area contributed by atoms with E-state index in [-0.39, 0.29) is 0 Å². The fourth-order valence-corrected chi connectivity index (χ4v) is 14.3. The topological polar surface area (TPSA) is 125 Å². The van der Waals surface area contributed by atoms with Crippen LogP contribution in [0.25, 0.3) is 190 Å². The fourth-order valence-electron chi connectivity index (χ4n) is 14.3. The first kappa shape index (κ1) is 63.5. The van der Waals surface area contributed by atoms with E-state index in [1.807, 2.05) is 103 Å². The Morgan fingerprint density at radius 1 is 0.160 bits per heavy atom. The molecule has 106 heavy (non-hydrogen) atoms. The third-order valence-corrected chi connectivity index (χ3v) is 19.9. The smallest absolute Gasteiger partial charge is 0.164 e. The standard InChI is InChI=1S/C98H60N8/c99-61-63-12-11-17-81(58-63)69-26-24-65(25-27-69)66-28-36-71(37-29-66)85-54-56-87(91-20-9-7-18-89(85)91)73-40-48-79(49-41-73)97-103-93(75-13-3-1-4-14-75)101-95(105-97)77-44-32-67(33-45-77)68-34-46-78(47-35-68)96-102-94(76-15-5-2-6-16-76)104-98(106-96)80-50-42-74(43-51-80)88-57-55-86(90-19-8-10-21-92(88)90)72-38-30-70(31-39-72)83-53-52-82-59-64(62-100)22-23-84(82)60-83/h1-60H. The van der Waals surface area contributed by atoms with Crippen LogP contribution in [0.1, 0.15) is 11.1 Å². The molecule has 0 saturated carbocycles. The number of benzene rings is 16. The van der Waals surface area contributed by atoms with Crippen molar-refractivity contribution in [3.05, 3.63) is 375 Å². The van der Waals surface area contributed by atoms with Crippen LogP contribution in [0, 0.1) is 22.7 Å². The average Bonchev–Trinajstić information content (AvgIpc) is 0.780. The SMILES string of the molecule is N#Cc1cccc(-c2ccc(-c3ccc(-c4ccc(-c5ccc(-c6nc(-c7ccccc7)nc(-c7ccc(-c8ccc(-c9nc(-c%10ccccc%10)nc(-c%10ccc(-c%11ccc(-c%12ccc(-c%13ccc%14cc(C#N)ccc%14c%13)cc%12)c%12ccccc%11%12)cc%10)n9)cc8)cc7)n6)cc5)c5ccccc45)cc3)cc2)c1. The molecule has 0 aliphatic carbocycles. The Bertz CT molecular complexity index is 6450. The maximum atomic E-state index is 9.42. The molecule has 0 bridgehead atoms. The number of nitrogens with zero attached hydrogens (tertiary/aromatic N) is 8. The van der Waals surface area contributed by atoms with E-state index in [4.69, 9.17) is 29.9 Å². The predicted octanol–water partition coefficient (Wildman–Crippen LogP) is 24.6. The fraction of sp³-hybridized carbons (Fsp3) is 0. The van der Waals surface area contributed by atoms with Gasteiger partial charge in [0.1, 0.15) is 0 Å². The van der Waals surface area contributed by atoms with E-state index < -0.39 is 0 Å². The molecule has 8 nitrogen and oxygen atoms in total. The van der Waals surface area contributed by atoms with Crippen LogP contribution in [0.5, 0.6) is 0 Å². The molecule has 18 aromatic rings. The summed E-state index contributed by atoms with van der Waals surface area (Å²) in [5.74, 6) is 3.51. The minimum atomic E-state index is 0.578. The predicted molar refractivity (Wildman–Crippen MR) is 431 cm³/mol. The molecule has 0 saturated heterocycles. The number of aromatic nitrogens is 6. The molecule has 0 unspecified atom stereocenters. The quantitative estimate of drug-likeness (QED) is 0.105. The molecule has 2 heterocycles. The Kier molecular flexibility index (Phi) is 16.6. The molecule has 492 valence electrons. The van der Waals surface area contributed by atoms with Gasteiger partial charge in [-0.2, -0.15) is 10.5 Å². The molecule has 0 aliphatic heterocycles. The van der Waals surface area contributed by atoms with Gasteiger partial charge in [0, 0.05) is 33.4 Å². The van der Waals surface area contributed by atoms with Crippen molar-refractivity contribution in [1.82, 2.24) is 29.9 Å². The van der Waals surface area contributed by atoms with Gasteiger partial charge in [-0.25, -0.2) is 29.9 Å². The lowest BCUT2D eigenvalue weighted by molar-refractivity contribution is 1.07. The Morgan fingerprint density at radius 2 is 0.387 bits per heavy atom. The lowest BCUT2D eigenvalue weighted by Crippen LogP contribution is -2.00. The van der Waals surface area contributed by atoms with Crippen LogP contribution in [0.2, 0.25) is 0 Å². The number of hydrogen-bond acceptors (Lipinski definition) is 8. The molecule has 0 amide bonds. The Hall–Kier alpha value is -14.7. The average molecular weight is 1350 g/mol. The van der Waals surface area contributed by atoms with Crippen molar-refractivity contribution in [3.63, 3.8) is 0 Å². The van der Waals surface area contributed by atoms with Crippen LogP contribution >= 0.6 is 0 Å². The molecule has 0 spiro atoms. The largest absolute Gasteiger partial charge is 0.208 e. The van der Waals surface area contributed by atoms with E-state index in [2.05, 4.69) is 273 Å². The van der Waals surface area contributed by atoms with E-state index in [0.717, 1.165) is 122 Å². The first-order chi connectivity index (χ1) is 52.4. The lowest BCUT2D eigenvalue weighted by Gasteiger charge is -2.13. The molecule has 2 aromatic heterocycles. The van der Waals surface area contributed by atoms with Gasteiger partial charge >= 0.3 is 0 Å². The second-order valence-electron chi connectivity index (χ2n) is 26.4. The lowest BCUT2D eigenvalue weighted by atomic mass is 9.91. The van der Waals surface area contributed by atoms with E-state index in [1.54, 1.807) is 0 Å². The van der Waals surface area contributed by atoms with Crippen molar-refractivity contribution in [2.24, 2.45) is 0 Å². The number of hydrogen-bond donors (Lipinski definition) is 0. The normalized spacial score (nSPS) is 11.2. The zero-order chi connectivity index (χ0) is 70.9. The molecular weight excluding hydrogens is 1290 g/mol. The van der Waals surface area contributed by atoms with Crippen molar-refractivity contribution in [2.45, 2.75) is 0 Å². The maximum absolute atomic E-state index is 9.42. The van der Waals surface area contributed by atoms with Gasteiger partial charge in [-0.1, -0.05) is 334 Å². The molecule has 8 heteroatoms. The molecule has 0 N–H and O–H groups in total. The third kappa shape index (κ3) is 12.6. The number of fused-ring (bicyclic) bond motifs is 3. The molecule has 16 aromatic carbocycles. The van der Waals surface area contributed by atoms with Gasteiger partial charge in [0.05, 0.1) is 23.3 Å². The van der Waals surface area contributed by atoms with Gasteiger partial charge in [-0.15, -0.1) is 0 Å². The summed E-state index contributed by atoms with van der Waals surface area (Å²) in [6, 6.07) is 131. The summed E-state index contributed by atoms with van der Waals surface area (Å²) in [7, 11) is 0. The highest BCUT2D eigenvalue weighted by atomic mass is 15.0. The zero-order valence-electron chi connectivity index (χ0n) is 57.2. The van der Waals surface area contributed by atoms with E-state index in [1.165, 1.54) is 32.7 Å². The first-order valence-electron chi connectivity index (χ1n) is 35.2. The molecule has 0 aliphatic rings. The highest BCUT2D eigenvalue weighted by Crippen LogP contribution is 2.41. The minimum Gasteiger partial charge on any atom is -0.208 e. The maximum Gasteiger partial charge on any atom is 0.164 e. The van der Waals surface area contributed by atoms with E-state index in [0.29, 0.717) is 46.1 Å². The van der Waals surface area contributed by atoms with Gasteiger partial charge in [0.15, 0.2) is 34.9 Å². The van der Waals surface area contributed by atoms with Crippen molar-refractivity contribution in [1.29, 1.82) is 10.5 Å². The van der Waals surface area contributed by atoms with Gasteiger partial charge in [0.25, 0.3) is 0 Å². The highest BCUT2D eigenvalue weighted by molar-refractivity contribution is 6.07. The monoisotopic (exact) mass is 1350 g/mol. The molecule has 0 fully saturated rings. The van der Waals surface area contributed by atoms with E-state index in [9.17, 15) is 10.5 Å². The van der Waals surface area contributed by atoms with Crippen LogP contribution in [-0.4, -0.2) is 29.9 Å². The summed E-state index contributed by atoms with van der Waals surface area (Å²) in [6.45, 7) is 0. The summed E-state index contributed by atoms with van der Waals surface area (Å²) >= 11 is 0. The van der Waals surface area contributed by atoms with Crippen LogP contribution < -0.4 is 0 Å². The summed E-state index contributed by atoms with van der Waals surface area (Å²) in [6.07, 6.45) is 0. The van der Waals surface area contributed by atoms with Gasteiger partial charge in [-0.3, -0.25) is 0 Å². The van der Waals surface area contributed by atoms with Crippen molar-refractivity contribution < 1.29 is 0 Å². The number of nitriles is 2. The van der Waals surface area contributed by atoms with Crippen molar-refractivity contribution in [2.75, 3.05) is 0 Å². The number of rotatable bonds is 14. The van der Waals surface area contributed by atoms with Gasteiger partial charge in [-0.05, 0) is 152 Å². The van der Waals surface area contributed by atoms with Gasteiger partial charge < -0.3 is 0 Å². The summed E-state index contributed by atoms with van der Waals surface area (Å²) in [5.41, 5.74) is 24.4. The van der Waals surface area contributed by atoms with Crippen molar-refractivity contribution >= 4 is 32.3 Å². The zero-order valence-corrected chi connectivity index (χ0v) is 57.2. The molecule has 0 atom stereocenters. The summed E-state index contributed by atoms with van der Waals surface area (Å²) < 4.78 is 0. The molecule has 0 radical (unpaired) electrons. The van der Waals surface area contributed by atoms with Crippen LogP contribution in [0.4, 0.5) is 0 Å². The van der Waals surface area contributed by atoms with Gasteiger partial charge in [0.2, 0.25) is 0 Å². The van der Waals surface area contributed by atoms with E-state index >= 15 is 0 Å². The Labute approximate surface area is 613 Å². The first-order valence-corrected chi connectivity index (χ1v) is 35.2. The minimum absolute atomic E-state index is 0.578. The van der Waals surface area contributed by atoms with Crippen molar-refractivity contribution in [3.8, 4) is 169 Å². The summed E-state index contributed by atoms with van der Waals surface area (Å²) in [4.78, 5) is 30.6. The summed E-state index contributed by atoms with van der Waals surface area (Å²) in [5, 5.41) is 25.7. The molecular formula is C98H60N8. The Balaban J connectivity index is 0.587. The second kappa shape index (κ2) is 27.7. The second-order valence-corrected chi connectivity index (χ2v) is 26.4. The highest BCUT2D eigenvalue weighted by Gasteiger charge is 2.19. The van der Waals surface area contributed by atoms with Crippen LogP contribution in [0.3, 0.4) is 0 Å². The third-order valence-electron chi connectivity index (χ3n) is 19.9. The van der Waals surface area contributed by atoms with Crippen LogP contribution in [-0.2, 0) is 0 Å².